The van der Waals surface area contributed by atoms with Crippen LogP contribution in [0.1, 0.15) is 180 Å². The molecule has 0 unspecified atom stereocenters. The van der Waals surface area contributed by atoms with Crippen LogP contribution in [0, 0.1) is 5.92 Å². The zero-order valence-electron chi connectivity index (χ0n) is 23.5. The Kier molecular flexibility index (Phi) is 95.1. The van der Waals surface area contributed by atoms with Crippen LogP contribution in [-0.2, 0) is 0 Å². The van der Waals surface area contributed by atoms with Gasteiger partial charge in [-0.3, -0.25) is 0 Å². The molecular formula is C28H68. The maximum absolute atomic E-state index is 2.30. The fourth-order valence-corrected chi connectivity index (χ4v) is 1.83. The van der Waals surface area contributed by atoms with E-state index in [4.69, 9.17) is 0 Å². The molecule has 180 valence electrons. The minimum atomic E-state index is 0.904. The maximum atomic E-state index is 2.30. The van der Waals surface area contributed by atoms with Gasteiger partial charge in [0.1, 0.15) is 0 Å². The topological polar surface area (TPSA) is 0 Å². The van der Waals surface area contributed by atoms with Gasteiger partial charge in [0, 0.05) is 0 Å². The first kappa shape index (κ1) is 42.2. The summed E-state index contributed by atoms with van der Waals surface area (Å²) in [6.45, 7) is 28.0. The summed E-state index contributed by atoms with van der Waals surface area (Å²) in [6, 6.07) is 0. The molecule has 0 amide bonds. The predicted molar refractivity (Wildman–Crippen MR) is 142 cm³/mol. The molecule has 0 aliphatic rings. The fourth-order valence-electron chi connectivity index (χ4n) is 1.83. The molecule has 0 saturated heterocycles. The molecule has 0 fully saturated rings. The van der Waals surface area contributed by atoms with Gasteiger partial charge < -0.3 is 0 Å². The number of hydrogen-bond donors (Lipinski definition) is 0. The molecular weight excluding hydrogens is 336 g/mol. The molecule has 0 nitrogen and oxygen atoms in total. The molecule has 0 saturated carbocycles. The Labute approximate surface area is 186 Å². The molecule has 0 aromatic heterocycles. The highest BCUT2D eigenvalue weighted by Crippen LogP contribution is 2.08. The van der Waals surface area contributed by atoms with Crippen molar-refractivity contribution in [2.45, 2.75) is 180 Å². The highest BCUT2D eigenvalue weighted by Gasteiger charge is 1.91. The average molecular weight is 405 g/mol. The molecule has 0 N–H and O–H groups in total. The summed E-state index contributed by atoms with van der Waals surface area (Å²) in [5.74, 6) is 0.904. The van der Waals surface area contributed by atoms with Crippen molar-refractivity contribution >= 4 is 0 Å². The second kappa shape index (κ2) is 63.2. The van der Waals surface area contributed by atoms with E-state index < -0.39 is 0 Å². The number of hydrogen-bond acceptors (Lipinski definition) is 0. The van der Waals surface area contributed by atoms with E-state index in [0.717, 1.165) is 5.92 Å². The maximum Gasteiger partial charge on any atom is -0.0471 e. The van der Waals surface area contributed by atoms with Gasteiger partial charge in [-0.25, -0.2) is 0 Å². The summed E-state index contributed by atoms with van der Waals surface area (Å²) in [4.78, 5) is 0. The van der Waals surface area contributed by atoms with Crippen molar-refractivity contribution in [2.24, 2.45) is 5.92 Å². The molecule has 0 heterocycles. The Morgan fingerprint density at radius 1 is 0.393 bits per heavy atom. The molecule has 0 aliphatic carbocycles. The highest BCUT2D eigenvalue weighted by atomic mass is 14.0. The quantitative estimate of drug-likeness (QED) is 0.300. The molecule has 0 rings (SSSR count). The minimum Gasteiger partial charge on any atom is -0.0683 e. The van der Waals surface area contributed by atoms with Crippen molar-refractivity contribution in [3.8, 4) is 0 Å². The predicted octanol–water partition coefficient (Wildman–Crippen LogP) is 12.3. The largest absolute Gasteiger partial charge is 0.0683 e. The van der Waals surface area contributed by atoms with Gasteiger partial charge in [0.15, 0.2) is 0 Å². The lowest BCUT2D eigenvalue weighted by Crippen LogP contribution is -1.86. The summed E-state index contributed by atoms with van der Waals surface area (Å²) < 4.78 is 0. The molecule has 0 atom stereocenters. The first-order chi connectivity index (χ1) is 13.5. The van der Waals surface area contributed by atoms with Crippen LogP contribution >= 0.6 is 0 Å². The van der Waals surface area contributed by atoms with Crippen LogP contribution in [0.5, 0.6) is 0 Å². The van der Waals surface area contributed by atoms with Crippen LogP contribution in [0.2, 0.25) is 0 Å². The lowest BCUT2D eigenvalue weighted by atomic mass is 10.1. The Morgan fingerprint density at radius 3 is 0.821 bits per heavy atom. The summed E-state index contributed by atoms with van der Waals surface area (Å²) in [6.07, 6.45) is 19.5. The standard InChI is InChI=1S/C9H20.C8H18.C4H10.C3H8.2C2H6/c1-4-5-6-7-8-9(2)3;1-3-5-7-8-6-4-2;1-3-4-2;1-3-2;2*1-2/h9H,4-8H2,1-3H3;3-8H2,1-2H3;3-4H2,1-2H3;3H2,1-2H3;2*1-2H3. The summed E-state index contributed by atoms with van der Waals surface area (Å²) in [5, 5.41) is 0. The smallest absolute Gasteiger partial charge is 0.0471 e. The van der Waals surface area contributed by atoms with Crippen LogP contribution in [0.15, 0.2) is 0 Å². The van der Waals surface area contributed by atoms with E-state index >= 15 is 0 Å². The van der Waals surface area contributed by atoms with Crippen molar-refractivity contribution in [2.75, 3.05) is 0 Å². The van der Waals surface area contributed by atoms with E-state index in [1.165, 1.54) is 89.9 Å². The van der Waals surface area contributed by atoms with Gasteiger partial charge in [-0.15, -0.1) is 0 Å². The van der Waals surface area contributed by atoms with Gasteiger partial charge in [0.2, 0.25) is 0 Å². The van der Waals surface area contributed by atoms with Crippen molar-refractivity contribution in [1.82, 2.24) is 0 Å². The zero-order valence-corrected chi connectivity index (χ0v) is 23.5. The summed E-state index contributed by atoms with van der Waals surface area (Å²) in [5.41, 5.74) is 0. The van der Waals surface area contributed by atoms with E-state index in [0.29, 0.717) is 0 Å². The molecule has 28 heavy (non-hydrogen) atoms. The van der Waals surface area contributed by atoms with Crippen molar-refractivity contribution < 1.29 is 0 Å². The van der Waals surface area contributed by atoms with Crippen LogP contribution in [-0.4, -0.2) is 0 Å². The van der Waals surface area contributed by atoms with Gasteiger partial charge in [0.25, 0.3) is 0 Å². The van der Waals surface area contributed by atoms with Gasteiger partial charge >= 0.3 is 0 Å². The van der Waals surface area contributed by atoms with Crippen molar-refractivity contribution in [3.05, 3.63) is 0 Å². The van der Waals surface area contributed by atoms with E-state index in [9.17, 15) is 0 Å². The van der Waals surface area contributed by atoms with E-state index in [-0.39, 0.29) is 0 Å². The van der Waals surface area contributed by atoms with Crippen LogP contribution < -0.4 is 0 Å². The van der Waals surface area contributed by atoms with E-state index in [1.807, 2.05) is 27.7 Å². The van der Waals surface area contributed by atoms with Gasteiger partial charge in [0.05, 0.1) is 0 Å². The van der Waals surface area contributed by atoms with Crippen LogP contribution in [0.3, 0.4) is 0 Å². The molecule has 0 radical (unpaired) electrons. The van der Waals surface area contributed by atoms with E-state index in [1.54, 1.807) is 0 Å². The summed E-state index contributed by atoms with van der Waals surface area (Å²) >= 11 is 0. The fraction of sp³-hybridized carbons (Fsp3) is 1.00. The van der Waals surface area contributed by atoms with Gasteiger partial charge in [-0.05, 0) is 5.92 Å². The summed E-state index contributed by atoms with van der Waals surface area (Å²) in [7, 11) is 0. The molecule has 0 aromatic carbocycles. The molecule has 0 aliphatic heterocycles. The van der Waals surface area contributed by atoms with Crippen molar-refractivity contribution in [1.29, 1.82) is 0 Å². The lowest BCUT2D eigenvalue weighted by Gasteiger charge is -2.01. The second-order valence-electron chi connectivity index (χ2n) is 7.36. The lowest BCUT2D eigenvalue weighted by molar-refractivity contribution is 0.525. The molecule has 0 aromatic rings. The third kappa shape index (κ3) is 113. The third-order valence-electron chi connectivity index (χ3n) is 3.59. The minimum absolute atomic E-state index is 0.904. The Hall–Kier alpha value is 0. The SMILES string of the molecule is CC.CC.CCC.CCCC.CCCCCCC(C)C.CCCCCCCC. The van der Waals surface area contributed by atoms with Crippen LogP contribution in [0.4, 0.5) is 0 Å². The first-order valence-electron chi connectivity index (χ1n) is 13.5. The van der Waals surface area contributed by atoms with Gasteiger partial charge in [-0.2, -0.15) is 0 Å². The first-order valence-corrected chi connectivity index (χ1v) is 13.5. The molecule has 0 bridgehead atoms. The Morgan fingerprint density at radius 2 is 0.643 bits per heavy atom. The van der Waals surface area contributed by atoms with Gasteiger partial charge in [-0.1, -0.05) is 180 Å². The Bertz CT molecular complexity index is 129. The third-order valence-corrected chi connectivity index (χ3v) is 3.59. The average Bonchev–Trinajstić information content (AvgIpc) is 2.73. The Balaban J connectivity index is -0.0000000579. The zero-order chi connectivity index (χ0) is 23.5. The molecule has 0 spiro atoms. The highest BCUT2D eigenvalue weighted by molar-refractivity contribution is 4.45. The second-order valence-corrected chi connectivity index (χ2v) is 7.36. The molecule has 0 heteroatoms. The van der Waals surface area contributed by atoms with Crippen LogP contribution in [0.25, 0.3) is 0 Å². The van der Waals surface area contributed by atoms with E-state index in [2.05, 4.69) is 62.3 Å². The monoisotopic (exact) mass is 405 g/mol. The number of rotatable bonds is 11. The normalized spacial score (nSPS) is 8.36. The van der Waals surface area contributed by atoms with Crippen molar-refractivity contribution in [3.63, 3.8) is 0 Å². The number of unbranched alkanes of at least 4 members (excludes halogenated alkanes) is 9.